The Balaban J connectivity index is 1.36. The van der Waals surface area contributed by atoms with Crippen molar-refractivity contribution in [3.05, 3.63) is 120 Å². The Kier molecular flexibility index (Phi) is 5.81. The summed E-state index contributed by atoms with van der Waals surface area (Å²) in [6, 6.07) is 33.3. The first-order valence-electron chi connectivity index (χ1n) is 11.2. The lowest BCUT2D eigenvalue weighted by Gasteiger charge is -2.24. The van der Waals surface area contributed by atoms with Crippen LogP contribution in [0.4, 0.5) is 10.5 Å². The summed E-state index contributed by atoms with van der Waals surface area (Å²) in [5.41, 5.74) is 6.62. The Hall–Kier alpha value is -4.05. The zero-order valence-electron chi connectivity index (χ0n) is 18.2. The van der Waals surface area contributed by atoms with E-state index in [2.05, 4.69) is 24.3 Å². The first-order chi connectivity index (χ1) is 16.2. The van der Waals surface area contributed by atoms with E-state index < -0.39 is 6.09 Å². The van der Waals surface area contributed by atoms with Crippen molar-refractivity contribution in [1.29, 1.82) is 0 Å². The van der Waals surface area contributed by atoms with Gasteiger partial charge in [-0.05, 0) is 58.5 Å². The van der Waals surface area contributed by atoms with Gasteiger partial charge in [0.2, 0.25) is 0 Å². The van der Waals surface area contributed by atoms with Crippen molar-refractivity contribution in [2.45, 2.75) is 12.3 Å². The lowest BCUT2D eigenvalue weighted by atomic mass is 9.98. The average molecular weight is 436 g/mol. The molecule has 0 saturated carbocycles. The van der Waals surface area contributed by atoms with Crippen molar-refractivity contribution < 1.29 is 14.6 Å². The van der Waals surface area contributed by atoms with E-state index in [1.54, 1.807) is 29.2 Å². The molecular formula is C29H25NO3. The molecule has 33 heavy (non-hydrogen) atoms. The standard InChI is InChI=1S/C29H25NO3/c31-23-16-14-22(15-17-23)30(19-18-21-8-2-1-3-9-21)29(32)33-20-28-26-12-6-4-10-24(26)25-11-5-7-13-27(25)28/h1-17,28,31H,18-20H2. The number of anilines is 1. The molecule has 0 fully saturated rings. The van der Waals surface area contributed by atoms with Crippen LogP contribution in [-0.4, -0.2) is 24.4 Å². The van der Waals surface area contributed by atoms with Gasteiger partial charge in [0, 0.05) is 18.2 Å². The third-order valence-corrected chi connectivity index (χ3v) is 6.18. The molecule has 4 aromatic rings. The van der Waals surface area contributed by atoms with Gasteiger partial charge >= 0.3 is 6.09 Å². The van der Waals surface area contributed by atoms with Crippen molar-refractivity contribution in [1.82, 2.24) is 0 Å². The maximum Gasteiger partial charge on any atom is 0.414 e. The highest BCUT2D eigenvalue weighted by Crippen LogP contribution is 2.44. The number of ether oxygens (including phenoxy) is 1. The van der Waals surface area contributed by atoms with Crippen molar-refractivity contribution in [2.75, 3.05) is 18.1 Å². The summed E-state index contributed by atoms with van der Waals surface area (Å²) < 4.78 is 5.90. The maximum absolute atomic E-state index is 13.3. The summed E-state index contributed by atoms with van der Waals surface area (Å²) in [6.07, 6.45) is 0.310. The van der Waals surface area contributed by atoms with Gasteiger partial charge in [-0.25, -0.2) is 4.79 Å². The van der Waals surface area contributed by atoms with Crippen LogP contribution in [0.1, 0.15) is 22.6 Å². The Bertz CT molecular complexity index is 1210. The fourth-order valence-electron chi connectivity index (χ4n) is 4.52. The number of hydrogen-bond donors (Lipinski definition) is 1. The Morgan fingerprint density at radius 1 is 0.758 bits per heavy atom. The second-order valence-corrected chi connectivity index (χ2v) is 8.21. The summed E-state index contributed by atoms with van der Waals surface area (Å²) in [6.45, 7) is 0.748. The molecule has 4 nitrogen and oxygen atoms in total. The number of carbonyl (C=O) groups is 1. The van der Waals surface area contributed by atoms with Crippen LogP contribution >= 0.6 is 0 Å². The SMILES string of the molecule is O=C(OCC1c2ccccc2-c2ccccc21)N(CCc1ccccc1)c1ccc(O)cc1. The fourth-order valence-corrected chi connectivity index (χ4v) is 4.52. The van der Waals surface area contributed by atoms with Gasteiger partial charge in [-0.2, -0.15) is 0 Å². The molecule has 0 aromatic heterocycles. The monoisotopic (exact) mass is 435 g/mol. The van der Waals surface area contributed by atoms with Gasteiger partial charge in [-0.1, -0.05) is 78.9 Å². The van der Waals surface area contributed by atoms with E-state index in [-0.39, 0.29) is 18.3 Å². The van der Waals surface area contributed by atoms with E-state index in [1.807, 2.05) is 54.6 Å². The minimum atomic E-state index is -0.390. The van der Waals surface area contributed by atoms with Crippen LogP contribution in [0.2, 0.25) is 0 Å². The molecular weight excluding hydrogens is 410 g/mol. The highest BCUT2D eigenvalue weighted by atomic mass is 16.6. The van der Waals surface area contributed by atoms with E-state index in [0.717, 1.165) is 5.56 Å². The van der Waals surface area contributed by atoms with E-state index in [1.165, 1.54) is 22.3 Å². The smallest absolute Gasteiger partial charge is 0.414 e. The second kappa shape index (κ2) is 9.21. The van der Waals surface area contributed by atoms with E-state index in [9.17, 15) is 9.90 Å². The first-order valence-corrected chi connectivity index (χ1v) is 11.2. The Morgan fingerprint density at radius 3 is 1.97 bits per heavy atom. The van der Waals surface area contributed by atoms with Crippen LogP contribution in [0.25, 0.3) is 11.1 Å². The van der Waals surface area contributed by atoms with Crippen LogP contribution in [0.5, 0.6) is 5.75 Å². The lowest BCUT2D eigenvalue weighted by Crippen LogP contribution is -2.34. The number of benzene rings is 4. The molecule has 1 N–H and O–H groups in total. The molecule has 0 unspecified atom stereocenters. The van der Waals surface area contributed by atoms with Crippen molar-refractivity contribution in [3.8, 4) is 16.9 Å². The number of carbonyl (C=O) groups excluding carboxylic acids is 1. The van der Waals surface area contributed by atoms with Crippen LogP contribution < -0.4 is 4.90 Å². The highest BCUT2D eigenvalue weighted by molar-refractivity contribution is 5.88. The largest absolute Gasteiger partial charge is 0.508 e. The zero-order valence-corrected chi connectivity index (χ0v) is 18.2. The molecule has 0 heterocycles. The van der Waals surface area contributed by atoms with Crippen molar-refractivity contribution in [2.24, 2.45) is 0 Å². The predicted octanol–water partition coefficient (Wildman–Crippen LogP) is 6.39. The summed E-state index contributed by atoms with van der Waals surface area (Å²) in [4.78, 5) is 14.9. The number of nitrogens with zero attached hydrogens (tertiary/aromatic N) is 1. The summed E-state index contributed by atoms with van der Waals surface area (Å²) >= 11 is 0. The lowest BCUT2D eigenvalue weighted by molar-refractivity contribution is 0.150. The first kappa shape index (κ1) is 20.8. The van der Waals surface area contributed by atoms with Crippen LogP contribution in [-0.2, 0) is 11.2 Å². The van der Waals surface area contributed by atoms with Crippen LogP contribution in [0.15, 0.2) is 103 Å². The van der Waals surface area contributed by atoms with Gasteiger partial charge in [-0.3, -0.25) is 4.90 Å². The molecule has 0 spiro atoms. The minimum absolute atomic E-state index is 0.0112. The molecule has 4 aromatic carbocycles. The van der Waals surface area contributed by atoms with Crippen LogP contribution in [0, 0.1) is 0 Å². The van der Waals surface area contributed by atoms with Crippen molar-refractivity contribution >= 4 is 11.8 Å². The van der Waals surface area contributed by atoms with E-state index >= 15 is 0 Å². The summed E-state index contributed by atoms with van der Waals surface area (Å²) in [5, 5.41) is 9.68. The van der Waals surface area contributed by atoms with E-state index in [0.29, 0.717) is 18.7 Å². The van der Waals surface area contributed by atoms with Gasteiger partial charge < -0.3 is 9.84 Å². The molecule has 5 rings (SSSR count). The third kappa shape index (κ3) is 4.33. The number of aromatic hydroxyl groups is 1. The fraction of sp³-hybridized carbons (Fsp3) is 0.138. The topological polar surface area (TPSA) is 49.8 Å². The Labute approximate surface area is 193 Å². The molecule has 0 bridgehead atoms. The second-order valence-electron chi connectivity index (χ2n) is 8.21. The maximum atomic E-state index is 13.3. The molecule has 1 amide bonds. The number of rotatable bonds is 6. The van der Waals surface area contributed by atoms with Gasteiger partial charge in [0.15, 0.2) is 0 Å². The Morgan fingerprint density at radius 2 is 1.33 bits per heavy atom. The average Bonchev–Trinajstić information content (AvgIpc) is 3.18. The van der Waals surface area contributed by atoms with Gasteiger partial charge in [0.25, 0.3) is 0 Å². The van der Waals surface area contributed by atoms with Gasteiger partial charge in [-0.15, -0.1) is 0 Å². The van der Waals surface area contributed by atoms with Gasteiger partial charge in [0.1, 0.15) is 12.4 Å². The molecule has 4 heteroatoms. The number of phenols is 1. The molecule has 0 saturated heterocycles. The normalized spacial score (nSPS) is 12.1. The molecule has 1 aliphatic rings. The number of phenolic OH excluding ortho intramolecular Hbond substituents is 1. The number of amides is 1. The van der Waals surface area contributed by atoms with E-state index in [4.69, 9.17) is 4.74 Å². The highest BCUT2D eigenvalue weighted by Gasteiger charge is 2.30. The summed E-state index contributed by atoms with van der Waals surface area (Å²) in [5.74, 6) is 0.173. The molecule has 0 atom stereocenters. The molecule has 1 aliphatic carbocycles. The summed E-state index contributed by atoms with van der Waals surface area (Å²) in [7, 11) is 0. The molecule has 164 valence electrons. The number of fused-ring (bicyclic) bond motifs is 3. The zero-order chi connectivity index (χ0) is 22.6. The van der Waals surface area contributed by atoms with Crippen molar-refractivity contribution in [3.63, 3.8) is 0 Å². The van der Waals surface area contributed by atoms with Gasteiger partial charge in [0.05, 0.1) is 0 Å². The third-order valence-electron chi connectivity index (χ3n) is 6.18. The molecule has 0 aliphatic heterocycles. The van der Waals surface area contributed by atoms with Crippen LogP contribution in [0.3, 0.4) is 0 Å². The quantitative estimate of drug-likeness (QED) is 0.382. The molecule has 0 radical (unpaired) electrons. The minimum Gasteiger partial charge on any atom is -0.508 e. The predicted molar refractivity (Wildman–Crippen MR) is 131 cm³/mol. The number of hydrogen-bond acceptors (Lipinski definition) is 3.